The van der Waals surface area contributed by atoms with Gasteiger partial charge < -0.3 is 19.9 Å². The molecule has 0 aliphatic heterocycles. The van der Waals surface area contributed by atoms with Crippen molar-refractivity contribution < 1.29 is 19.4 Å². The van der Waals surface area contributed by atoms with Crippen molar-refractivity contribution >= 4 is 5.97 Å². The second-order valence-electron chi connectivity index (χ2n) is 4.44. The molecule has 2 N–H and O–H groups in total. The predicted octanol–water partition coefficient (Wildman–Crippen LogP) is 1.66. The van der Waals surface area contributed by atoms with Crippen LogP contribution in [0.25, 0.3) is 0 Å². The van der Waals surface area contributed by atoms with Crippen molar-refractivity contribution in [2.24, 2.45) is 0 Å². The average Bonchev–Trinajstić information content (AvgIpc) is 2.36. The second-order valence-corrected chi connectivity index (χ2v) is 4.44. The number of likely N-dealkylation sites (N-methyl/N-ethyl adjacent to an activating group) is 1. The van der Waals surface area contributed by atoms with E-state index in [1.54, 1.807) is 7.05 Å². The zero-order chi connectivity index (χ0) is 14.0. The normalized spacial score (nSPS) is 16.2. The van der Waals surface area contributed by atoms with Crippen molar-refractivity contribution in [2.75, 3.05) is 26.9 Å². The minimum absolute atomic E-state index is 0.0559. The van der Waals surface area contributed by atoms with Crippen molar-refractivity contribution in [3.63, 3.8) is 0 Å². The van der Waals surface area contributed by atoms with E-state index in [1.807, 2.05) is 20.8 Å². The fourth-order valence-electron chi connectivity index (χ4n) is 1.83. The molecule has 0 aromatic heterocycles. The summed E-state index contributed by atoms with van der Waals surface area (Å²) in [6.07, 6.45) is 1.90. The molecule has 0 radical (unpaired) electrons. The van der Waals surface area contributed by atoms with E-state index in [9.17, 15) is 9.90 Å². The maximum Gasteiger partial charge on any atom is 0.323 e. The molecule has 0 aromatic carbocycles. The zero-order valence-electron chi connectivity index (χ0n) is 12.0. The Balaban J connectivity index is 3.90. The van der Waals surface area contributed by atoms with Gasteiger partial charge in [0.2, 0.25) is 0 Å². The van der Waals surface area contributed by atoms with Crippen molar-refractivity contribution in [1.29, 1.82) is 0 Å². The van der Waals surface area contributed by atoms with Crippen LogP contribution in [0.4, 0.5) is 0 Å². The molecule has 0 heterocycles. The third kappa shape index (κ3) is 5.80. The molecule has 0 aromatic rings. The molecule has 0 saturated carbocycles. The molecule has 5 heteroatoms. The number of rotatable bonds is 11. The van der Waals surface area contributed by atoms with E-state index < -0.39 is 11.5 Å². The van der Waals surface area contributed by atoms with Gasteiger partial charge in [0.1, 0.15) is 5.54 Å². The molecule has 0 saturated heterocycles. The monoisotopic (exact) mass is 261 g/mol. The number of aliphatic carboxylic acids is 1. The van der Waals surface area contributed by atoms with Gasteiger partial charge in [-0.25, -0.2) is 0 Å². The van der Waals surface area contributed by atoms with Crippen molar-refractivity contribution in [3.05, 3.63) is 0 Å². The van der Waals surface area contributed by atoms with Crippen molar-refractivity contribution in [3.8, 4) is 0 Å². The number of nitrogens with one attached hydrogen (secondary N) is 1. The maximum absolute atomic E-state index is 11.2. The summed E-state index contributed by atoms with van der Waals surface area (Å²) in [5.41, 5.74) is -0.827. The number of carbonyl (C=O) groups is 1. The quantitative estimate of drug-likeness (QED) is 0.554. The van der Waals surface area contributed by atoms with Crippen LogP contribution in [0, 0.1) is 0 Å². The van der Waals surface area contributed by atoms with E-state index in [-0.39, 0.29) is 6.10 Å². The molecule has 0 aliphatic rings. The highest BCUT2D eigenvalue weighted by atomic mass is 16.5. The summed E-state index contributed by atoms with van der Waals surface area (Å²) in [4.78, 5) is 11.2. The van der Waals surface area contributed by atoms with Crippen LogP contribution in [0.3, 0.4) is 0 Å². The number of ether oxygens (including phenoxy) is 2. The smallest absolute Gasteiger partial charge is 0.323 e. The van der Waals surface area contributed by atoms with E-state index in [4.69, 9.17) is 9.47 Å². The minimum Gasteiger partial charge on any atom is -0.480 e. The predicted molar refractivity (Wildman–Crippen MR) is 70.9 cm³/mol. The molecule has 0 bridgehead atoms. The summed E-state index contributed by atoms with van der Waals surface area (Å²) in [6.45, 7) is 7.61. The van der Waals surface area contributed by atoms with Gasteiger partial charge in [-0.15, -0.1) is 0 Å². The fraction of sp³-hybridized carbons (Fsp3) is 0.923. The highest BCUT2D eigenvalue weighted by molar-refractivity contribution is 5.78. The van der Waals surface area contributed by atoms with E-state index >= 15 is 0 Å². The number of hydrogen-bond acceptors (Lipinski definition) is 4. The van der Waals surface area contributed by atoms with Gasteiger partial charge in [0.05, 0.1) is 12.7 Å². The minimum atomic E-state index is -0.827. The van der Waals surface area contributed by atoms with Crippen molar-refractivity contribution in [2.45, 2.75) is 51.7 Å². The van der Waals surface area contributed by atoms with Crippen molar-refractivity contribution in [1.82, 2.24) is 5.32 Å². The maximum atomic E-state index is 11.2. The number of carboxylic acid groups (broad SMARTS) is 1. The first-order valence-corrected chi connectivity index (χ1v) is 6.64. The lowest BCUT2D eigenvalue weighted by Crippen LogP contribution is -2.50. The molecule has 108 valence electrons. The van der Waals surface area contributed by atoms with Gasteiger partial charge in [0.15, 0.2) is 0 Å². The summed E-state index contributed by atoms with van der Waals surface area (Å²) in [6, 6.07) is 0. The van der Waals surface area contributed by atoms with E-state index in [0.29, 0.717) is 32.7 Å². The molecule has 0 spiro atoms. The van der Waals surface area contributed by atoms with Gasteiger partial charge in [0, 0.05) is 13.2 Å². The first-order chi connectivity index (χ1) is 8.52. The summed E-state index contributed by atoms with van der Waals surface area (Å²) in [5, 5.41) is 12.1. The average molecular weight is 261 g/mol. The van der Waals surface area contributed by atoms with Crippen LogP contribution in [0.5, 0.6) is 0 Å². The van der Waals surface area contributed by atoms with Crippen LogP contribution in [0.1, 0.15) is 40.0 Å². The molecule has 0 aliphatic carbocycles. The van der Waals surface area contributed by atoms with Gasteiger partial charge in [-0.3, -0.25) is 4.79 Å². The molecule has 0 fully saturated rings. The first kappa shape index (κ1) is 17.4. The Morgan fingerprint density at radius 3 is 2.56 bits per heavy atom. The standard InChI is InChI=1S/C13H27NO4/c1-5-13(14-4,12(15)16)8-7-9-18-11(3)10-17-6-2/h11,14H,5-10H2,1-4H3,(H,15,16). The number of hydrogen-bond donors (Lipinski definition) is 2. The van der Waals surface area contributed by atoms with Crippen LogP contribution in [0.2, 0.25) is 0 Å². The third-order valence-corrected chi connectivity index (χ3v) is 3.20. The molecule has 2 unspecified atom stereocenters. The van der Waals surface area contributed by atoms with Gasteiger partial charge in [-0.05, 0) is 40.2 Å². The Bertz CT molecular complexity index is 229. The zero-order valence-corrected chi connectivity index (χ0v) is 12.0. The van der Waals surface area contributed by atoms with Crippen LogP contribution < -0.4 is 5.32 Å². The second kappa shape index (κ2) is 9.30. The summed E-state index contributed by atoms with van der Waals surface area (Å²) in [7, 11) is 1.69. The molecular weight excluding hydrogens is 234 g/mol. The third-order valence-electron chi connectivity index (χ3n) is 3.20. The Hall–Kier alpha value is -0.650. The number of carboxylic acids is 1. The van der Waals surface area contributed by atoms with E-state index in [0.717, 1.165) is 6.42 Å². The lowest BCUT2D eigenvalue weighted by atomic mass is 9.91. The van der Waals surface area contributed by atoms with Gasteiger partial charge >= 0.3 is 5.97 Å². The van der Waals surface area contributed by atoms with Crippen LogP contribution in [-0.2, 0) is 14.3 Å². The fourth-order valence-corrected chi connectivity index (χ4v) is 1.83. The molecule has 0 amide bonds. The Morgan fingerprint density at radius 2 is 2.11 bits per heavy atom. The van der Waals surface area contributed by atoms with Crippen LogP contribution in [0.15, 0.2) is 0 Å². The van der Waals surface area contributed by atoms with Gasteiger partial charge in [0.25, 0.3) is 0 Å². The largest absolute Gasteiger partial charge is 0.480 e. The lowest BCUT2D eigenvalue weighted by Gasteiger charge is -2.27. The summed E-state index contributed by atoms with van der Waals surface area (Å²) < 4.78 is 10.8. The Kier molecular flexibility index (Phi) is 8.97. The van der Waals surface area contributed by atoms with Gasteiger partial charge in [-0.2, -0.15) is 0 Å². The van der Waals surface area contributed by atoms with Gasteiger partial charge in [-0.1, -0.05) is 6.92 Å². The highest BCUT2D eigenvalue weighted by Gasteiger charge is 2.34. The molecule has 2 atom stereocenters. The Morgan fingerprint density at radius 1 is 1.44 bits per heavy atom. The topological polar surface area (TPSA) is 67.8 Å². The molecular formula is C13H27NO4. The van der Waals surface area contributed by atoms with Crippen LogP contribution >= 0.6 is 0 Å². The van der Waals surface area contributed by atoms with E-state index in [1.165, 1.54) is 0 Å². The SMILES string of the molecule is CCOCC(C)OCCCC(CC)(NC)C(=O)O. The van der Waals surface area contributed by atoms with Crippen LogP contribution in [-0.4, -0.2) is 49.6 Å². The molecule has 18 heavy (non-hydrogen) atoms. The summed E-state index contributed by atoms with van der Waals surface area (Å²) in [5.74, 6) is -0.796. The molecule has 5 nitrogen and oxygen atoms in total. The first-order valence-electron chi connectivity index (χ1n) is 6.64. The summed E-state index contributed by atoms with van der Waals surface area (Å²) >= 11 is 0. The van der Waals surface area contributed by atoms with E-state index in [2.05, 4.69) is 5.32 Å². The molecule has 0 rings (SSSR count). The highest BCUT2D eigenvalue weighted by Crippen LogP contribution is 2.17. The lowest BCUT2D eigenvalue weighted by molar-refractivity contribution is -0.145. The Labute approximate surface area is 110 Å².